The highest BCUT2D eigenvalue weighted by atomic mass is 32.2. The Morgan fingerprint density at radius 2 is 1.80 bits per heavy atom. The van der Waals surface area contributed by atoms with Crippen molar-refractivity contribution >= 4 is 21.5 Å². The Balaban J connectivity index is 2.79. The van der Waals surface area contributed by atoms with E-state index in [0.29, 0.717) is 0 Å². The van der Waals surface area contributed by atoms with Crippen LogP contribution in [0.3, 0.4) is 0 Å². The van der Waals surface area contributed by atoms with Gasteiger partial charge in [-0.15, -0.1) is 0 Å². The van der Waals surface area contributed by atoms with Gasteiger partial charge in [-0.25, -0.2) is 0 Å². The predicted molar refractivity (Wildman–Crippen MR) is 66.0 cm³/mol. The second-order valence-electron chi connectivity index (χ2n) is 3.54. The van der Waals surface area contributed by atoms with Crippen molar-refractivity contribution in [3.8, 4) is 5.75 Å². The summed E-state index contributed by atoms with van der Waals surface area (Å²) in [5, 5.41) is 21.3. The van der Waals surface area contributed by atoms with Crippen LogP contribution in [0, 0.1) is 20.2 Å². The predicted octanol–water partition coefficient (Wildman–Crippen LogP) is 0.858. The molecule has 0 saturated heterocycles. The van der Waals surface area contributed by atoms with Crippen molar-refractivity contribution in [1.82, 2.24) is 0 Å². The van der Waals surface area contributed by atoms with Gasteiger partial charge in [-0.05, 0) is 6.07 Å². The van der Waals surface area contributed by atoms with Crippen LogP contribution in [0.5, 0.6) is 5.75 Å². The van der Waals surface area contributed by atoms with Crippen LogP contribution >= 0.6 is 0 Å². The average molecular weight is 306 g/mol. The van der Waals surface area contributed by atoms with Crippen LogP contribution in [0.2, 0.25) is 0 Å². The molecule has 0 spiro atoms. The Kier molecular flexibility index (Phi) is 4.94. The number of hydrogen-bond acceptors (Lipinski definition) is 8. The van der Waals surface area contributed by atoms with Crippen molar-refractivity contribution in [1.29, 1.82) is 0 Å². The molecule has 10 nitrogen and oxygen atoms in total. The molecule has 0 aliphatic heterocycles. The minimum atomic E-state index is -3.63. The zero-order valence-corrected chi connectivity index (χ0v) is 11.0. The Labute approximate surface area is 113 Å². The van der Waals surface area contributed by atoms with E-state index in [9.17, 15) is 28.6 Å². The van der Waals surface area contributed by atoms with E-state index in [1.165, 1.54) is 0 Å². The van der Waals surface area contributed by atoms with E-state index in [1.807, 2.05) is 0 Å². The highest BCUT2D eigenvalue weighted by Crippen LogP contribution is 2.30. The summed E-state index contributed by atoms with van der Waals surface area (Å²) in [6.07, 6.45) is 0.849. The normalized spacial score (nSPS) is 11.1. The van der Waals surface area contributed by atoms with Gasteiger partial charge < -0.3 is 4.74 Å². The van der Waals surface area contributed by atoms with E-state index in [1.54, 1.807) is 0 Å². The zero-order chi connectivity index (χ0) is 15.3. The molecular formula is C9H10N2O8S. The van der Waals surface area contributed by atoms with Crippen molar-refractivity contribution < 1.29 is 27.2 Å². The molecule has 0 unspecified atom stereocenters. The molecule has 0 fully saturated rings. The third kappa shape index (κ3) is 4.78. The average Bonchev–Trinajstić information content (AvgIpc) is 2.33. The number of hydrogen-bond donors (Lipinski definition) is 0. The lowest BCUT2D eigenvalue weighted by molar-refractivity contribution is -0.394. The van der Waals surface area contributed by atoms with Crippen molar-refractivity contribution in [2.45, 2.75) is 0 Å². The van der Waals surface area contributed by atoms with E-state index in [-0.39, 0.29) is 19.0 Å². The van der Waals surface area contributed by atoms with Gasteiger partial charge in [-0.2, -0.15) is 8.42 Å². The number of rotatable bonds is 7. The Morgan fingerprint density at radius 1 is 1.15 bits per heavy atom. The van der Waals surface area contributed by atoms with Gasteiger partial charge >= 0.3 is 5.69 Å². The molecule has 1 aromatic carbocycles. The molecule has 20 heavy (non-hydrogen) atoms. The minimum absolute atomic E-state index is 0.210. The van der Waals surface area contributed by atoms with Gasteiger partial charge in [0, 0.05) is 6.07 Å². The summed E-state index contributed by atoms with van der Waals surface area (Å²) in [6.45, 7) is -0.585. The molecule has 0 N–H and O–H groups in total. The van der Waals surface area contributed by atoms with E-state index >= 15 is 0 Å². The maximum Gasteiger partial charge on any atom is 0.317 e. The number of benzene rings is 1. The van der Waals surface area contributed by atoms with E-state index in [0.717, 1.165) is 24.5 Å². The fourth-order valence-corrected chi connectivity index (χ4v) is 1.59. The maximum absolute atomic E-state index is 10.8. The number of nitrogens with zero attached hydrogens (tertiary/aromatic N) is 2. The lowest BCUT2D eigenvalue weighted by Crippen LogP contribution is -2.11. The first-order valence-electron chi connectivity index (χ1n) is 5.11. The zero-order valence-electron chi connectivity index (χ0n) is 10.2. The first kappa shape index (κ1) is 15.8. The third-order valence-corrected chi connectivity index (χ3v) is 2.58. The molecule has 0 atom stereocenters. The molecule has 1 aromatic rings. The summed E-state index contributed by atoms with van der Waals surface area (Å²) < 4.78 is 30.7. The van der Waals surface area contributed by atoms with Crippen molar-refractivity contribution in [2.75, 3.05) is 19.5 Å². The largest absolute Gasteiger partial charge is 0.484 e. The van der Waals surface area contributed by atoms with Gasteiger partial charge in [0.2, 0.25) is 0 Å². The smallest absolute Gasteiger partial charge is 0.317 e. The molecule has 110 valence electrons. The summed E-state index contributed by atoms with van der Waals surface area (Å²) in [7, 11) is -3.63. The quantitative estimate of drug-likeness (QED) is 0.312. The lowest BCUT2D eigenvalue weighted by Gasteiger charge is -2.06. The maximum atomic E-state index is 10.8. The highest BCUT2D eigenvalue weighted by Gasteiger charge is 2.20. The molecule has 0 saturated carbocycles. The summed E-state index contributed by atoms with van der Waals surface area (Å²) in [6, 6.07) is 2.86. The molecule has 0 bridgehead atoms. The molecule has 0 amide bonds. The topological polar surface area (TPSA) is 139 Å². The van der Waals surface area contributed by atoms with Crippen LogP contribution in [0.1, 0.15) is 0 Å². The first-order chi connectivity index (χ1) is 9.20. The summed E-state index contributed by atoms with van der Waals surface area (Å²) in [4.78, 5) is 19.7. The number of ether oxygens (including phenoxy) is 1. The van der Waals surface area contributed by atoms with Crippen molar-refractivity contribution in [2.24, 2.45) is 0 Å². The van der Waals surface area contributed by atoms with E-state index in [2.05, 4.69) is 4.18 Å². The molecule has 1 rings (SSSR count). The van der Waals surface area contributed by atoms with Crippen LogP contribution in [0.25, 0.3) is 0 Å². The van der Waals surface area contributed by atoms with Crippen LogP contribution in [0.15, 0.2) is 18.2 Å². The molecule has 11 heteroatoms. The fourth-order valence-electron chi connectivity index (χ4n) is 1.22. The van der Waals surface area contributed by atoms with Gasteiger partial charge in [0.05, 0.1) is 22.2 Å². The Bertz CT molecular complexity index is 627. The molecule has 0 radical (unpaired) electrons. The van der Waals surface area contributed by atoms with Gasteiger partial charge in [0.15, 0.2) is 5.75 Å². The fraction of sp³-hybridized carbons (Fsp3) is 0.333. The highest BCUT2D eigenvalue weighted by molar-refractivity contribution is 7.85. The second-order valence-corrected chi connectivity index (χ2v) is 5.18. The van der Waals surface area contributed by atoms with Gasteiger partial charge in [-0.3, -0.25) is 24.4 Å². The van der Waals surface area contributed by atoms with Crippen LogP contribution < -0.4 is 4.74 Å². The molecule has 0 aliphatic carbocycles. The molecular weight excluding hydrogens is 296 g/mol. The van der Waals surface area contributed by atoms with Gasteiger partial charge in [0.25, 0.3) is 15.8 Å². The van der Waals surface area contributed by atoms with E-state index in [4.69, 9.17) is 4.74 Å². The standard InChI is InChI=1S/C9H10N2O8S/c1-20(16,17)19-5-4-18-9-3-2-7(10(12)13)6-8(9)11(14)15/h2-3,6H,4-5H2,1H3. The summed E-state index contributed by atoms with van der Waals surface area (Å²) >= 11 is 0. The first-order valence-corrected chi connectivity index (χ1v) is 6.92. The molecule has 0 heterocycles. The number of non-ortho nitro benzene ring substituents is 1. The minimum Gasteiger partial charge on any atom is -0.484 e. The molecule has 0 aliphatic rings. The lowest BCUT2D eigenvalue weighted by atomic mass is 10.2. The Morgan fingerprint density at radius 3 is 2.30 bits per heavy atom. The SMILES string of the molecule is CS(=O)(=O)OCCOc1ccc([N+](=O)[O-])cc1[N+](=O)[O-]. The van der Waals surface area contributed by atoms with Crippen molar-refractivity contribution in [3.05, 3.63) is 38.4 Å². The second kappa shape index (κ2) is 6.25. The number of nitro benzene ring substituents is 2. The van der Waals surface area contributed by atoms with Crippen LogP contribution in [-0.2, 0) is 14.3 Å². The van der Waals surface area contributed by atoms with Crippen molar-refractivity contribution in [3.63, 3.8) is 0 Å². The van der Waals surface area contributed by atoms with Crippen LogP contribution in [0.4, 0.5) is 11.4 Å². The monoisotopic (exact) mass is 306 g/mol. The van der Waals surface area contributed by atoms with Gasteiger partial charge in [-0.1, -0.05) is 0 Å². The molecule has 0 aromatic heterocycles. The van der Waals surface area contributed by atoms with E-state index < -0.39 is 31.3 Å². The number of nitro groups is 2. The van der Waals surface area contributed by atoms with Gasteiger partial charge in [0.1, 0.15) is 13.2 Å². The summed E-state index contributed by atoms with van der Waals surface area (Å²) in [5.41, 5.74) is -1.03. The Hall–Kier alpha value is -2.27. The summed E-state index contributed by atoms with van der Waals surface area (Å²) in [5.74, 6) is -0.210. The van der Waals surface area contributed by atoms with Crippen LogP contribution in [-0.4, -0.2) is 37.7 Å². The third-order valence-electron chi connectivity index (χ3n) is 1.99.